The number of imide groups is 1. The Morgan fingerprint density at radius 3 is 2.91 bits per heavy atom. The van der Waals surface area contributed by atoms with Gasteiger partial charge in [0.25, 0.3) is 0 Å². The summed E-state index contributed by atoms with van der Waals surface area (Å²) in [6, 6.07) is 9.45. The van der Waals surface area contributed by atoms with Gasteiger partial charge in [0.15, 0.2) is 0 Å². The van der Waals surface area contributed by atoms with Gasteiger partial charge in [-0.25, -0.2) is 9.69 Å². The third-order valence-electron chi connectivity index (χ3n) is 3.89. The van der Waals surface area contributed by atoms with E-state index in [0.717, 1.165) is 5.56 Å². The van der Waals surface area contributed by atoms with Gasteiger partial charge in [-0.2, -0.15) is 0 Å². The lowest BCUT2D eigenvalue weighted by Gasteiger charge is -2.23. The van der Waals surface area contributed by atoms with E-state index in [2.05, 4.69) is 10.0 Å². The molecule has 0 aromatic heterocycles. The van der Waals surface area contributed by atoms with E-state index >= 15 is 0 Å². The van der Waals surface area contributed by atoms with Crippen molar-refractivity contribution in [1.82, 2.24) is 4.90 Å². The molecular weight excluding hydrogens is 296 g/mol. The van der Waals surface area contributed by atoms with Crippen LogP contribution in [-0.4, -0.2) is 36.1 Å². The first kappa shape index (κ1) is 16.8. The maximum absolute atomic E-state index is 12.5. The lowest BCUT2D eigenvalue weighted by atomic mass is 10.0. The fourth-order valence-corrected chi connectivity index (χ4v) is 2.64. The van der Waals surface area contributed by atoms with Crippen LogP contribution in [0.15, 0.2) is 35.4 Å². The molecule has 0 N–H and O–H groups in total. The molecule has 1 aromatic rings. The maximum Gasteiger partial charge on any atom is 0.416 e. The zero-order chi connectivity index (χ0) is 16.7. The second kappa shape index (κ2) is 8.19. The van der Waals surface area contributed by atoms with Crippen LogP contribution in [0.3, 0.4) is 0 Å². The summed E-state index contributed by atoms with van der Waals surface area (Å²) in [6.45, 7) is 2.36. The number of ether oxygens (including phenoxy) is 1. The highest BCUT2D eigenvalue weighted by atomic mass is 16.6. The van der Waals surface area contributed by atoms with E-state index in [9.17, 15) is 9.59 Å². The Balaban J connectivity index is 1.98. The molecule has 7 nitrogen and oxygen atoms in total. The lowest BCUT2D eigenvalue weighted by molar-refractivity contribution is -0.133. The van der Waals surface area contributed by atoms with Gasteiger partial charge in [-0.3, -0.25) is 4.79 Å². The molecular formula is C16H20N4O3. The molecule has 0 bridgehead atoms. The van der Waals surface area contributed by atoms with Gasteiger partial charge in [0.1, 0.15) is 6.61 Å². The van der Waals surface area contributed by atoms with Crippen molar-refractivity contribution < 1.29 is 14.3 Å². The van der Waals surface area contributed by atoms with Gasteiger partial charge < -0.3 is 4.74 Å². The Morgan fingerprint density at radius 2 is 2.22 bits per heavy atom. The minimum absolute atomic E-state index is 0.227. The van der Waals surface area contributed by atoms with Gasteiger partial charge in [-0.05, 0) is 30.4 Å². The Kier molecular flexibility index (Phi) is 6.00. The van der Waals surface area contributed by atoms with Crippen molar-refractivity contribution >= 4 is 12.0 Å². The first-order valence-electron chi connectivity index (χ1n) is 7.68. The monoisotopic (exact) mass is 316 g/mol. The van der Waals surface area contributed by atoms with Crippen molar-refractivity contribution in [2.75, 3.05) is 13.2 Å². The summed E-state index contributed by atoms with van der Waals surface area (Å²) in [4.78, 5) is 28.4. The summed E-state index contributed by atoms with van der Waals surface area (Å²) in [5, 5.41) is 3.45. The van der Waals surface area contributed by atoms with E-state index in [0.29, 0.717) is 25.8 Å². The summed E-state index contributed by atoms with van der Waals surface area (Å²) >= 11 is 0. The molecule has 0 radical (unpaired) electrons. The molecule has 1 fully saturated rings. The van der Waals surface area contributed by atoms with E-state index in [1.165, 1.54) is 4.90 Å². The molecule has 23 heavy (non-hydrogen) atoms. The summed E-state index contributed by atoms with van der Waals surface area (Å²) in [5.41, 5.74) is 9.30. The Labute approximate surface area is 134 Å². The molecule has 1 saturated heterocycles. The van der Waals surface area contributed by atoms with E-state index in [4.69, 9.17) is 10.3 Å². The minimum Gasteiger partial charge on any atom is -0.447 e. The Bertz CT molecular complexity index is 599. The number of amides is 2. The van der Waals surface area contributed by atoms with Crippen LogP contribution in [0.1, 0.15) is 25.3 Å². The standard InChI is InChI=1S/C16H20N4O3/c1-12(6-5-9-18-19-17)15(21)20-14(11-23-16(20)22)10-13-7-3-2-4-8-13/h2-4,7-8,12,14H,5-6,9-11H2,1H3/t12-,14-/m0/s1. The van der Waals surface area contributed by atoms with Crippen LogP contribution in [0.5, 0.6) is 0 Å². The average molecular weight is 316 g/mol. The molecule has 2 amide bonds. The van der Waals surface area contributed by atoms with Crippen LogP contribution in [-0.2, 0) is 16.0 Å². The van der Waals surface area contributed by atoms with Crippen molar-refractivity contribution in [2.24, 2.45) is 11.0 Å². The number of carbonyl (C=O) groups is 2. The first-order chi connectivity index (χ1) is 11.1. The second-order valence-electron chi connectivity index (χ2n) is 5.63. The van der Waals surface area contributed by atoms with E-state index in [1.807, 2.05) is 30.3 Å². The smallest absolute Gasteiger partial charge is 0.416 e. The molecule has 1 aromatic carbocycles. The largest absolute Gasteiger partial charge is 0.447 e. The van der Waals surface area contributed by atoms with Gasteiger partial charge in [-0.15, -0.1) is 0 Å². The van der Waals surface area contributed by atoms with Gasteiger partial charge in [-0.1, -0.05) is 42.4 Å². The van der Waals surface area contributed by atoms with Gasteiger partial charge in [0.2, 0.25) is 5.91 Å². The highest BCUT2D eigenvalue weighted by Gasteiger charge is 2.39. The van der Waals surface area contributed by atoms with Crippen LogP contribution in [0, 0.1) is 5.92 Å². The lowest BCUT2D eigenvalue weighted by Crippen LogP contribution is -2.43. The molecule has 0 spiro atoms. The number of benzene rings is 1. The number of hydrogen-bond acceptors (Lipinski definition) is 4. The zero-order valence-corrected chi connectivity index (χ0v) is 13.1. The third-order valence-corrected chi connectivity index (χ3v) is 3.89. The van der Waals surface area contributed by atoms with Crippen molar-refractivity contribution in [3.8, 4) is 0 Å². The number of hydrogen-bond donors (Lipinski definition) is 0. The third kappa shape index (κ3) is 4.47. The van der Waals surface area contributed by atoms with Crippen molar-refractivity contribution in [3.63, 3.8) is 0 Å². The number of rotatable bonds is 7. The second-order valence-corrected chi connectivity index (χ2v) is 5.63. The first-order valence-corrected chi connectivity index (χ1v) is 7.68. The topological polar surface area (TPSA) is 95.4 Å². The quantitative estimate of drug-likeness (QED) is 0.334. The summed E-state index contributed by atoms with van der Waals surface area (Å²) in [7, 11) is 0. The fraction of sp³-hybridized carbons (Fsp3) is 0.500. The highest BCUT2D eigenvalue weighted by Crippen LogP contribution is 2.21. The molecule has 0 saturated carbocycles. The molecule has 1 heterocycles. The van der Waals surface area contributed by atoms with Crippen LogP contribution in [0.2, 0.25) is 0 Å². The van der Waals surface area contributed by atoms with Crippen molar-refractivity contribution in [2.45, 2.75) is 32.2 Å². The van der Waals surface area contributed by atoms with Crippen LogP contribution in [0.25, 0.3) is 10.4 Å². The number of cyclic esters (lactones) is 1. The average Bonchev–Trinajstić information content (AvgIpc) is 2.92. The number of nitrogens with zero attached hydrogens (tertiary/aromatic N) is 4. The highest BCUT2D eigenvalue weighted by molar-refractivity contribution is 5.94. The van der Waals surface area contributed by atoms with E-state index < -0.39 is 6.09 Å². The molecule has 1 aliphatic heterocycles. The number of carbonyl (C=O) groups excluding carboxylic acids is 2. The maximum atomic E-state index is 12.5. The molecule has 2 rings (SSSR count). The van der Waals surface area contributed by atoms with Gasteiger partial charge in [0.05, 0.1) is 6.04 Å². The van der Waals surface area contributed by atoms with E-state index in [1.54, 1.807) is 6.92 Å². The SMILES string of the molecule is C[C@@H](CCCN=[N+]=[N-])C(=O)N1C(=O)OC[C@@H]1Cc1ccccc1. The Morgan fingerprint density at radius 1 is 1.48 bits per heavy atom. The Hall–Kier alpha value is -2.53. The molecule has 7 heteroatoms. The van der Waals surface area contributed by atoms with Crippen LogP contribution >= 0.6 is 0 Å². The zero-order valence-electron chi connectivity index (χ0n) is 13.1. The van der Waals surface area contributed by atoms with Crippen LogP contribution < -0.4 is 0 Å². The summed E-state index contributed by atoms with van der Waals surface area (Å²) in [5.74, 6) is -0.540. The minimum atomic E-state index is -0.571. The van der Waals surface area contributed by atoms with Gasteiger partial charge >= 0.3 is 6.09 Å². The fourth-order valence-electron chi connectivity index (χ4n) is 2.64. The van der Waals surface area contributed by atoms with Crippen molar-refractivity contribution in [3.05, 3.63) is 46.3 Å². The predicted molar refractivity (Wildman–Crippen MR) is 84.5 cm³/mol. The summed E-state index contributed by atoms with van der Waals surface area (Å²) < 4.78 is 5.06. The molecule has 1 aliphatic rings. The molecule has 2 atom stereocenters. The molecule has 0 aliphatic carbocycles. The summed E-state index contributed by atoms with van der Waals surface area (Å²) in [6.07, 6.45) is 1.20. The normalized spacial score (nSPS) is 18.2. The van der Waals surface area contributed by atoms with Crippen LogP contribution in [0.4, 0.5) is 4.79 Å². The molecule has 0 unspecified atom stereocenters. The number of azide groups is 1. The van der Waals surface area contributed by atoms with Gasteiger partial charge in [0, 0.05) is 17.4 Å². The van der Waals surface area contributed by atoms with E-state index in [-0.39, 0.29) is 24.5 Å². The van der Waals surface area contributed by atoms with Crippen molar-refractivity contribution in [1.29, 1.82) is 0 Å². The molecule has 122 valence electrons. The predicted octanol–water partition coefficient (Wildman–Crippen LogP) is 3.30.